The van der Waals surface area contributed by atoms with Crippen molar-refractivity contribution in [2.45, 2.75) is 26.6 Å². The summed E-state index contributed by atoms with van der Waals surface area (Å²) in [6.45, 7) is 9.28. The Morgan fingerprint density at radius 3 is 2.64 bits per heavy atom. The van der Waals surface area contributed by atoms with Gasteiger partial charge in [0, 0.05) is 50.5 Å². The molecular weight excluding hydrogens is 320 g/mol. The minimum absolute atomic E-state index is 0.0133. The van der Waals surface area contributed by atoms with Gasteiger partial charge in [-0.05, 0) is 39.1 Å². The number of ether oxygens (including phenoxy) is 2. The highest BCUT2D eigenvalue weighted by Crippen LogP contribution is 2.22. The third-order valence-electron chi connectivity index (χ3n) is 4.42. The Hall–Kier alpha value is -1.47. The maximum absolute atomic E-state index is 11.6. The van der Waals surface area contributed by atoms with Crippen LogP contribution in [0.3, 0.4) is 0 Å². The number of likely N-dealkylation sites (N-methyl/N-ethyl adjacent to an activating group) is 1. The van der Waals surface area contributed by atoms with Crippen molar-refractivity contribution in [1.82, 2.24) is 9.80 Å². The second-order valence-electron chi connectivity index (χ2n) is 6.58. The Balaban J connectivity index is 1.90. The van der Waals surface area contributed by atoms with Crippen molar-refractivity contribution in [3.63, 3.8) is 0 Å². The lowest BCUT2D eigenvalue weighted by molar-refractivity contribution is 0.0493. The van der Waals surface area contributed by atoms with Crippen LogP contribution in [-0.4, -0.2) is 79.8 Å². The van der Waals surface area contributed by atoms with E-state index in [0.717, 1.165) is 31.7 Å². The monoisotopic (exact) mass is 350 g/mol. The van der Waals surface area contributed by atoms with Gasteiger partial charge in [-0.25, -0.2) is 0 Å². The molecule has 0 spiro atoms. The zero-order valence-corrected chi connectivity index (χ0v) is 15.5. The highest BCUT2D eigenvalue weighted by molar-refractivity contribution is 5.94. The molecule has 0 bridgehead atoms. The van der Waals surface area contributed by atoms with Crippen LogP contribution in [0.1, 0.15) is 29.8 Å². The number of benzene rings is 1. The number of hydrogen-bond donors (Lipinski definition) is 1. The molecule has 1 aliphatic rings. The zero-order valence-electron chi connectivity index (χ0n) is 15.5. The molecule has 1 fully saturated rings. The van der Waals surface area contributed by atoms with Crippen LogP contribution < -0.4 is 4.74 Å². The summed E-state index contributed by atoms with van der Waals surface area (Å²) in [7, 11) is 2.11. The van der Waals surface area contributed by atoms with Crippen LogP contribution in [0.15, 0.2) is 18.2 Å². The molecule has 140 valence electrons. The van der Waals surface area contributed by atoms with Gasteiger partial charge in [0.25, 0.3) is 0 Å². The molecule has 6 nitrogen and oxygen atoms in total. The average molecular weight is 350 g/mol. The number of ketones is 1. The van der Waals surface area contributed by atoms with Crippen molar-refractivity contribution < 1.29 is 19.4 Å². The molecule has 0 saturated carbocycles. The maximum atomic E-state index is 11.6. The normalized spacial score (nSPS) is 17.4. The second kappa shape index (κ2) is 9.87. The highest BCUT2D eigenvalue weighted by Gasteiger charge is 2.18. The first-order valence-corrected chi connectivity index (χ1v) is 8.93. The molecule has 1 aromatic carbocycles. The van der Waals surface area contributed by atoms with Crippen molar-refractivity contribution in [2.24, 2.45) is 0 Å². The smallest absolute Gasteiger partial charge is 0.159 e. The summed E-state index contributed by atoms with van der Waals surface area (Å²) < 4.78 is 11.3. The molecule has 1 unspecified atom stereocenters. The minimum Gasteiger partial charge on any atom is -0.490 e. The lowest BCUT2D eigenvalue weighted by Crippen LogP contribution is -2.47. The molecule has 0 aliphatic carbocycles. The lowest BCUT2D eigenvalue weighted by atomic mass is 10.1. The number of aliphatic hydroxyl groups is 1. The first-order chi connectivity index (χ1) is 12.0. The van der Waals surface area contributed by atoms with Crippen LogP contribution in [0.2, 0.25) is 0 Å². The van der Waals surface area contributed by atoms with Crippen molar-refractivity contribution in [2.75, 3.05) is 53.0 Å². The largest absolute Gasteiger partial charge is 0.490 e. The molecule has 0 radical (unpaired) electrons. The van der Waals surface area contributed by atoms with E-state index in [-0.39, 0.29) is 12.4 Å². The number of Topliss-reactive ketones (excluding diaryl/α,β-unsaturated/α-hetero) is 1. The van der Waals surface area contributed by atoms with Crippen LogP contribution in [0.25, 0.3) is 0 Å². The van der Waals surface area contributed by atoms with Gasteiger partial charge in [-0.1, -0.05) is 0 Å². The molecule has 2 rings (SSSR count). The molecule has 0 amide bonds. The molecule has 1 atom stereocenters. The molecule has 0 aromatic heterocycles. The van der Waals surface area contributed by atoms with E-state index in [9.17, 15) is 9.90 Å². The van der Waals surface area contributed by atoms with E-state index < -0.39 is 6.10 Å². The molecule has 25 heavy (non-hydrogen) atoms. The predicted octanol–water partition coefficient (Wildman–Crippen LogP) is 1.41. The molecular formula is C19H30N2O4. The van der Waals surface area contributed by atoms with E-state index >= 15 is 0 Å². The number of hydrogen-bond acceptors (Lipinski definition) is 6. The van der Waals surface area contributed by atoms with E-state index in [1.807, 2.05) is 6.92 Å². The van der Waals surface area contributed by atoms with Gasteiger partial charge in [0.05, 0.1) is 6.61 Å². The third-order valence-corrected chi connectivity index (χ3v) is 4.42. The number of piperazine rings is 1. The van der Waals surface area contributed by atoms with Crippen LogP contribution in [0, 0.1) is 0 Å². The SMILES string of the molecule is CCOCc1cc(C(C)=O)ccc1OCC(O)CN1CCN(C)CC1. The average Bonchev–Trinajstić information content (AvgIpc) is 2.60. The van der Waals surface area contributed by atoms with Gasteiger partial charge in [-0.3, -0.25) is 9.69 Å². The number of rotatable bonds is 9. The number of nitrogens with zero attached hydrogens (tertiary/aromatic N) is 2. The van der Waals surface area contributed by atoms with Gasteiger partial charge in [0.2, 0.25) is 0 Å². The van der Waals surface area contributed by atoms with Crippen molar-refractivity contribution in [3.8, 4) is 5.75 Å². The summed E-state index contributed by atoms with van der Waals surface area (Å²) in [5, 5.41) is 10.3. The summed E-state index contributed by atoms with van der Waals surface area (Å²) in [4.78, 5) is 16.1. The van der Waals surface area contributed by atoms with E-state index in [1.165, 1.54) is 0 Å². The van der Waals surface area contributed by atoms with E-state index in [2.05, 4.69) is 16.8 Å². The summed E-state index contributed by atoms with van der Waals surface area (Å²) in [5.41, 5.74) is 1.47. The number of carbonyl (C=O) groups excluding carboxylic acids is 1. The van der Waals surface area contributed by atoms with Gasteiger partial charge < -0.3 is 19.5 Å². The predicted molar refractivity (Wildman–Crippen MR) is 97.2 cm³/mol. The molecule has 1 aromatic rings. The Labute approximate surface area is 150 Å². The quantitative estimate of drug-likeness (QED) is 0.680. The summed E-state index contributed by atoms with van der Waals surface area (Å²) in [6, 6.07) is 5.34. The number of carbonyl (C=O) groups is 1. The number of β-amino-alcohol motifs (C(OH)–C–C–N with tert-alkyl or cyclic N) is 1. The van der Waals surface area contributed by atoms with Crippen LogP contribution >= 0.6 is 0 Å². The Kier molecular flexibility index (Phi) is 7.84. The Morgan fingerprint density at radius 1 is 1.28 bits per heavy atom. The van der Waals surface area contributed by atoms with Crippen molar-refractivity contribution >= 4 is 5.78 Å². The van der Waals surface area contributed by atoms with Crippen LogP contribution in [0.4, 0.5) is 0 Å². The summed E-state index contributed by atoms with van der Waals surface area (Å²) in [5.74, 6) is 0.676. The molecule has 1 saturated heterocycles. The summed E-state index contributed by atoms with van der Waals surface area (Å²) in [6.07, 6.45) is -0.546. The zero-order chi connectivity index (χ0) is 18.2. The minimum atomic E-state index is -0.546. The molecule has 6 heteroatoms. The third kappa shape index (κ3) is 6.40. The van der Waals surface area contributed by atoms with Crippen molar-refractivity contribution in [3.05, 3.63) is 29.3 Å². The van der Waals surface area contributed by atoms with E-state index in [1.54, 1.807) is 25.1 Å². The van der Waals surface area contributed by atoms with E-state index in [0.29, 0.717) is 31.1 Å². The van der Waals surface area contributed by atoms with Crippen LogP contribution in [-0.2, 0) is 11.3 Å². The van der Waals surface area contributed by atoms with Gasteiger partial charge >= 0.3 is 0 Å². The molecule has 1 aliphatic heterocycles. The second-order valence-corrected chi connectivity index (χ2v) is 6.58. The standard InChI is InChI=1S/C19H30N2O4/c1-4-24-13-17-11-16(15(2)22)5-6-19(17)25-14-18(23)12-21-9-7-20(3)8-10-21/h5-6,11,18,23H,4,7-10,12-14H2,1-3H3. The lowest BCUT2D eigenvalue weighted by Gasteiger charge is -2.33. The van der Waals surface area contributed by atoms with Gasteiger partial charge in [-0.2, -0.15) is 0 Å². The van der Waals surface area contributed by atoms with Crippen LogP contribution in [0.5, 0.6) is 5.75 Å². The van der Waals surface area contributed by atoms with Crippen molar-refractivity contribution in [1.29, 1.82) is 0 Å². The van der Waals surface area contributed by atoms with Gasteiger partial charge in [-0.15, -0.1) is 0 Å². The fourth-order valence-electron chi connectivity index (χ4n) is 2.83. The fourth-order valence-corrected chi connectivity index (χ4v) is 2.83. The van der Waals surface area contributed by atoms with E-state index in [4.69, 9.17) is 9.47 Å². The first kappa shape index (κ1) is 19.8. The molecule has 1 heterocycles. The maximum Gasteiger partial charge on any atom is 0.159 e. The fraction of sp³-hybridized carbons (Fsp3) is 0.632. The highest BCUT2D eigenvalue weighted by atomic mass is 16.5. The van der Waals surface area contributed by atoms with Gasteiger partial charge in [0.1, 0.15) is 18.5 Å². The Bertz CT molecular complexity index is 556. The number of aliphatic hydroxyl groups excluding tert-OH is 1. The summed E-state index contributed by atoms with van der Waals surface area (Å²) >= 11 is 0. The Morgan fingerprint density at radius 2 is 2.00 bits per heavy atom. The topological polar surface area (TPSA) is 62.2 Å². The molecule has 1 N–H and O–H groups in total. The van der Waals surface area contributed by atoms with Gasteiger partial charge in [0.15, 0.2) is 5.78 Å². The first-order valence-electron chi connectivity index (χ1n) is 8.93.